The first-order chi connectivity index (χ1) is 47.5. The molecule has 24 heteroatoms. The van der Waals surface area contributed by atoms with Crippen LogP contribution < -0.4 is 18.3 Å². The molecule has 4 aromatic carbocycles. The molecule has 8 bridgehead atoms. The number of hydrogen-bond donors (Lipinski definition) is 2. The second-order valence-electron chi connectivity index (χ2n) is 23.2. The Morgan fingerprint density at radius 3 is 0.600 bits per heavy atom. The second kappa shape index (κ2) is 32.1. The monoisotopic (exact) mass is 1420 g/mol. The number of H-pyrrole nitrogens is 2. The summed E-state index contributed by atoms with van der Waals surface area (Å²) >= 11 is 0. The van der Waals surface area contributed by atoms with E-state index in [-0.39, 0.29) is 19.6 Å². The average molecular weight is 1420 g/mol. The van der Waals surface area contributed by atoms with Crippen LogP contribution in [-0.4, -0.2) is 71.8 Å². The fraction of sp³-hybridized carbons (Fsp3) is 0.158. The summed E-state index contributed by atoms with van der Waals surface area (Å²) in [5, 5.41) is 0. The van der Waals surface area contributed by atoms with E-state index in [4.69, 9.17) is 9.97 Å². The van der Waals surface area contributed by atoms with Crippen LogP contribution in [0.3, 0.4) is 0 Å². The predicted octanol–water partition coefficient (Wildman–Crippen LogP) is 12.1. The lowest BCUT2D eigenvalue weighted by Crippen LogP contribution is -2.30. The molecular formula is C76H74N8O12S4. The van der Waals surface area contributed by atoms with E-state index >= 15 is 0 Å². The van der Waals surface area contributed by atoms with Gasteiger partial charge in [0.05, 0.1) is 42.4 Å². The van der Waals surface area contributed by atoms with Gasteiger partial charge < -0.3 is 28.2 Å². The highest BCUT2D eigenvalue weighted by Crippen LogP contribution is 2.38. The molecule has 2 aliphatic rings. The molecule has 13 rings (SSSR count). The maximum Gasteiger partial charge on any atom is 0.169 e. The number of nitrogens with zero attached hydrogens (tertiary/aromatic N) is 6. The molecule has 0 spiro atoms. The van der Waals surface area contributed by atoms with Crippen molar-refractivity contribution in [1.29, 1.82) is 0 Å². The summed E-state index contributed by atoms with van der Waals surface area (Å²) in [4.78, 5) is 17.9. The third-order valence-corrected chi connectivity index (χ3v) is 19.6. The van der Waals surface area contributed by atoms with E-state index in [0.29, 0.717) is 0 Å². The third-order valence-electron chi connectivity index (χ3n) is 16.2. The van der Waals surface area contributed by atoms with Gasteiger partial charge in [-0.2, -0.15) is 0 Å². The Kier molecular flexibility index (Phi) is 23.8. The van der Waals surface area contributed by atoms with Crippen molar-refractivity contribution in [3.05, 3.63) is 264 Å². The summed E-state index contributed by atoms with van der Waals surface area (Å²) in [7, 11) is -17.1. The summed E-state index contributed by atoms with van der Waals surface area (Å²) < 4.78 is 133. The third kappa shape index (κ3) is 19.1. The summed E-state index contributed by atoms with van der Waals surface area (Å²) in [6.45, 7) is 19.5. The molecule has 0 radical (unpaired) electrons. The van der Waals surface area contributed by atoms with Gasteiger partial charge in [-0.3, -0.25) is 0 Å². The van der Waals surface area contributed by atoms with Crippen LogP contribution in [0.15, 0.2) is 239 Å². The zero-order valence-corrected chi connectivity index (χ0v) is 59.4. The van der Waals surface area contributed by atoms with Crippen LogP contribution in [0.2, 0.25) is 0 Å². The highest BCUT2D eigenvalue weighted by atomic mass is 32.2. The van der Waals surface area contributed by atoms with Gasteiger partial charge in [0.1, 0.15) is 66.7 Å². The average Bonchev–Trinajstić information content (AvgIpc) is 1.61. The van der Waals surface area contributed by atoms with Crippen LogP contribution in [0.1, 0.15) is 72.7 Å². The minimum atomic E-state index is -4.27. The van der Waals surface area contributed by atoms with Gasteiger partial charge in [0.15, 0.2) is 49.6 Å². The first-order valence-corrected chi connectivity index (χ1v) is 37.4. The van der Waals surface area contributed by atoms with E-state index < -0.39 is 40.5 Å². The topological polar surface area (TPSA) is 302 Å². The fourth-order valence-electron chi connectivity index (χ4n) is 10.6. The highest BCUT2D eigenvalue weighted by molar-refractivity contribution is 7.86. The summed E-state index contributed by atoms with van der Waals surface area (Å²) in [5.41, 5.74) is 19.8. The molecule has 2 N–H and O–H groups in total. The lowest BCUT2D eigenvalue weighted by Gasteiger charge is -2.06. The molecule has 0 saturated carbocycles. The molecule has 9 heterocycles. The first kappa shape index (κ1) is 74.0. The molecule has 100 heavy (non-hydrogen) atoms. The number of pyridine rings is 4. The van der Waals surface area contributed by atoms with Crippen molar-refractivity contribution >= 4 is 86.8 Å². The van der Waals surface area contributed by atoms with Gasteiger partial charge in [-0.15, -0.1) is 0 Å². The molecule has 0 unspecified atom stereocenters. The van der Waals surface area contributed by atoms with Crippen molar-refractivity contribution in [2.45, 2.75) is 101 Å². The predicted molar refractivity (Wildman–Crippen MR) is 381 cm³/mol. The summed E-state index contributed by atoms with van der Waals surface area (Å²) in [5.74, 6) is 0. The van der Waals surface area contributed by atoms with E-state index in [0.717, 1.165) is 138 Å². The molecule has 514 valence electrons. The molecule has 0 amide bonds. The van der Waals surface area contributed by atoms with Crippen LogP contribution >= 0.6 is 0 Å². The van der Waals surface area contributed by atoms with Crippen LogP contribution in [0.5, 0.6) is 0 Å². The van der Waals surface area contributed by atoms with Crippen LogP contribution in [-0.2, 0) is 66.7 Å². The minimum absolute atomic E-state index is 0.178. The van der Waals surface area contributed by atoms with Gasteiger partial charge in [0, 0.05) is 92.9 Å². The van der Waals surface area contributed by atoms with E-state index in [9.17, 15) is 51.9 Å². The Morgan fingerprint density at radius 1 is 0.280 bits per heavy atom. The lowest BCUT2D eigenvalue weighted by molar-refractivity contribution is -0.693. The zero-order valence-electron chi connectivity index (χ0n) is 56.1. The standard InChI is InChI=1S/C48H45N8.4C7H8O3S/c1-5-53-25-17-33(18-26-53)45-37-9-11-39(49-37)46(34-19-27-54(6-2)28-20-34)41-13-15-43(51-41)48(36-23-31-56(8-4)32-24-36)44-16-14-42(52-44)47(40-12-10-38(45)50-40)35-21-29-55(7-3)30-22-35;4*1-6-2-4-7(5-3-6)11(8,9)10/h9-32H,5-8H2,1-4H3,(H,49,50,51,52);4*2-5H,1H3,(H,8,9,10)/q+3;;;;/p-3. The van der Waals surface area contributed by atoms with Gasteiger partial charge in [0.25, 0.3) is 0 Å². The number of rotatable bonds is 12. The minimum Gasteiger partial charge on any atom is -0.744 e. The number of aromatic nitrogens is 8. The Balaban J connectivity index is 0.000000210. The second-order valence-corrected chi connectivity index (χ2v) is 28.8. The van der Waals surface area contributed by atoms with Crippen LogP contribution in [0.25, 0.3) is 90.9 Å². The number of aromatic amines is 2. The Morgan fingerprint density at radius 2 is 0.450 bits per heavy atom. The maximum absolute atomic E-state index is 10.4. The fourth-order valence-corrected chi connectivity index (χ4v) is 12.5. The molecule has 2 aliphatic heterocycles. The molecule has 0 atom stereocenters. The molecule has 7 aromatic heterocycles. The number of benzene rings is 4. The van der Waals surface area contributed by atoms with E-state index in [1.165, 1.54) is 48.5 Å². The van der Waals surface area contributed by atoms with Crippen LogP contribution in [0, 0.1) is 27.7 Å². The highest BCUT2D eigenvalue weighted by Gasteiger charge is 2.21. The molecule has 0 aliphatic carbocycles. The van der Waals surface area contributed by atoms with Crippen molar-refractivity contribution in [3.8, 4) is 44.5 Å². The number of nitrogens with one attached hydrogen (secondary N) is 2. The maximum atomic E-state index is 10.4. The van der Waals surface area contributed by atoms with Crippen molar-refractivity contribution in [2.75, 3.05) is 0 Å². The number of aryl methyl sites for hydroxylation is 8. The Bertz CT molecular complexity index is 4770. The first-order valence-electron chi connectivity index (χ1n) is 31.8. The van der Waals surface area contributed by atoms with E-state index in [2.05, 4.69) is 203 Å². The van der Waals surface area contributed by atoms with Crippen LogP contribution in [0.4, 0.5) is 0 Å². The molecule has 20 nitrogen and oxygen atoms in total. The Labute approximate surface area is 583 Å². The number of hydrogen-bond acceptors (Lipinski definition) is 14. The SMILES string of the molecule is CC[n+]1ccc(-c2c3nc(c(-c4cc[n+](CC)cc4)c4ccc([nH]4)c(-c4cc[n+](CC)cc4)c4nc(c(-c5cc[n+](CC)cc5)c5ccc2[nH]5)C=C4)C=C3)cc1.Cc1ccc(S(=O)(=O)[O-])cc1.Cc1ccc(S(=O)(=O)[O-])cc1.Cc1ccc(S(=O)(=O)[O-])cc1.Cc1ccc(S(=O)(=O)[O-])cc1. The Hall–Kier alpha value is -10.3. The largest absolute Gasteiger partial charge is 0.744 e. The van der Waals surface area contributed by atoms with Gasteiger partial charge in [0.2, 0.25) is 0 Å². The van der Waals surface area contributed by atoms with Crippen molar-refractivity contribution in [3.63, 3.8) is 0 Å². The normalized spacial score (nSPS) is 11.8. The molecular weight excluding hydrogens is 1350 g/mol. The molecule has 0 saturated heterocycles. The van der Waals surface area contributed by atoms with Gasteiger partial charge in [-0.25, -0.2) is 61.9 Å². The molecule has 11 aromatic rings. The summed E-state index contributed by atoms with van der Waals surface area (Å²) in [6.07, 6.45) is 25.8. The molecule has 0 fully saturated rings. The number of fused-ring (bicyclic) bond motifs is 8. The van der Waals surface area contributed by atoms with Crippen molar-refractivity contribution in [2.24, 2.45) is 0 Å². The van der Waals surface area contributed by atoms with Gasteiger partial charge in [-0.05, 0) is 175 Å². The van der Waals surface area contributed by atoms with Gasteiger partial charge in [-0.1, -0.05) is 70.8 Å². The van der Waals surface area contributed by atoms with Gasteiger partial charge >= 0.3 is 0 Å². The smallest absolute Gasteiger partial charge is 0.169 e. The van der Waals surface area contributed by atoms with E-state index in [1.54, 1.807) is 48.5 Å². The lowest BCUT2D eigenvalue weighted by atomic mass is 10.0. The zero-order chi connectivity index (χ0) is 72.1. The van der Waals surface area contributed by atoms with E-state index in [1.807, 2.05) is 27.7 Å². The van der Waals surface area contributed by atoms with Crippen molar-refractivity contribution < 1.29 is 70.2 Å². The summed E-state index contributed by atoms with van der Waals surface area (Å²) in [6, 6.07) is 49.4. The van der Waals surface area contributed by atoms with Crippen molar-refractivity contribution in [1.82, 2.24) is 19.9 Å². The quantitative estimate of drug-likeness (QED) is 0.0849.